The monoisotopic (exact) mass is 391 g/mol. The van der Waals surface area contributed by atoms with E-state index in [-0.39, 0.29) is 30.2 Å². The normalized spacial score (nSPS) is 24.0. The number of carbonyl (C=O) groups excluding carboxylic acids is 2. The van der Waals surface area contributed by atoms with Gasteiger partial charge in [-0.3, -0.25) is 9.63 Å². The van der Waals surface area contributed by atoms with Crippen molar-refractivity contribution in [3.05, 3.63) is 23.9 Å². The number of pyridine rings is 1. The van der Waals surface area contributed by atoms with E-state index in [1.807, 2.05) is 25.7 Å². The number of nitrogens with zero attached hydrogens (tertiary/aromatic N) is 3. The van der Waals surface area contributed by atoms with Crippen molar-refractivity contribution < 1.29 is 23.9 Å². The van der Waals surface area contributed by atoms with Crippen molar-refractivity contribution >= 4 is 12.0 Å². The molecule has 28 heavy (non-hydrogen) atoms. The van der Waals surface area contributed by atoms with Gasteiger partial charge in [-0.05, 0) is 45.7 Å². The zero-order valence-electron chi connectivity index (χ0n) is 17.2. The van der Waals surface area contributed by atoms with Crippen LogP contribution in [0.3, 0.4) is 0 Å². The van der Waals surface area contributed by atoms with E-state index in [2.05, 4.69) is 4.98 Å². The minimum Gasteiger partial charge on any atom is -0.474 e. The van der Waals surface area contributed by atoms with Gasteiger partial charge in [0.15, 0.2) is 0 Å². The number of carbonyl (C=O) groups is 2. The highest BCUT2D eigenvalue weighted by molar-refractivity contribution is 5.95. The van der Waals surface area contributed by atoms with Gasteiger partial charge in [-0.2, -0.15) is 0 Å². The molecule has 0 radical (unpaired) electrons. The van der Waals surface area contributed by atoms with Crippen LogP contribution in [0.25, 0.3) is 0 Å². The fourth-order valence-corrected chi connectivity index (χ4v) is 3.89. The number of rotatable bonds is 4. The zero-order chi connectivity index (χ0) is 20.5. The predicted molar refractivity (Wildman–Crippen MR) is 102 cm³/mol. The fraction of sp³-hybridized carbons (Fsp3) is 0.650. The van der Waals surface area contributed by atoms with Crippen LogP contribution < -0.4 is 4.74 Å². The van der Waals surface area contributed by atoms with Crippen LogP contribution in [0.1, 0.15) is 56.8 Å². The van der Waals surface area contributed by atoms with Crippen molar-refractivity contribution in [1.82, 2.24) is 14.9 Å². The van der Waals surface area contributed by atoms with Gasteiger partial charge in [-0.15, -0.1) is 0 Å². The summed E-state index contributed by atoms with van der Waals surface area (Å²) in [6.45, 7) is 5.62. The van der Waals surface area contributed by atoms with Gasteiger partial charge in [-0.25, -0.2) is 14.8 Å². The van der Waals surface area contributed by atoms with Crippen LogP contribution in [0, 0.1) is 0 Å². The summed E-state index contributed by atoms with van der Waals surface area (Å²) in [5, 5.41) is 1.14. The largest absolute Gasteiger partial charge is 0.474 e. The number of piperidine rings is 1. The molecule has 8 nitrogen and oxygen atoms in total. The fourth-order valence-electron chi connectivity index (χ4n) is 3.89. The van der Waals surface area contributed by atoms with Crippen LogP contribution >= 0.6 is 0 Å². The number of hydrogen-bond donors (Lipinski definition) is 0. The molecule has 3 atom stereocenters. The Bertz CT molecular complexity index is 719. The van der Waals surface area contributed by atoms with Gasteiger partial charge in [0.1, 0.15) is 17.3 Å². The summed E-state index contributed by atoms with van der Waals surface area (Å²) in [5.74, 6) is -0.0220. The molecule has 2 fully saturated rings. The lowest BCUT2D eigenvalue weighted by Crippen LogP contribution is -2.50. The van der Waals surface area contributed by atoms with Crippen LogP contribution in [0.4, 0.5) is 4.79 Å². The maximum atomic E-state index is 12.6. The van der Waals surface area contributed by atoms with E-state index in [1.165, 1.54) is 7.11 Å². The molecule has 3 heterocycles. The maximum Gasteiger partial charge on any atom is 0.410 e. The van der Waals surface area contributed by atoms with Crippen LogP contribution in [-0.2, 0) is 9.57 Å². The molecule has 2 amide bonds. The number of aromatic nitrogens is 1. The van der Waals surface area contributed by atoms with Crippen LogP contribution in [0.15, 0.2) is 18.3 Å². The number of hydrogen-bond acceptors (Lipinski definition) is 6. The quantitative estimate of drug-likeness (QED) is 0.734. The topological polar surface area (TPSA) is 81.2 Å². The zero-order valence-corrected chi connectivity index (χ0v) is 17.2. The molecular weight excluding hydrogens is 362 g/mol. The maximum absolute atomic E-state index is 12.6. The number of hydroxylamine groups is 2. The molecule has 1 aromatic rings. The average molecular weight is 391 g/mol. The molecule has 0 N–H and O–H groups in total. The Morgan fingerprint density at radius 1 is 1.21 bits per heavy atom. The van der Waals surface area contributed by atoms with Crippen molar-refractivity contribution in [1.29, 1.82) is 0 Å². The van der Waals surface area contributed by atoms with E-state index >= 15 is 0 Å². The number of amides is 2. The van der Waals surface area contributed by atoms with Crippen molar-refractivity contribution in [2.24, 2.45) is 0 Å². The highest BCUT2D eigenvalue weighted by Crippen LogP contribution is 2.38. The Morgan fingerprint density at radius 3 is 2.43 bits per heavy atom. The summed E-state index contributed by atoms with van der Waals surface area (Å²) < 4.78 is 11.7. The molecule has 1 aromatic heterocycles. The highest BCUT2D eigenvalue weighted by atomic mass is 16.7. The smallest absolute Gasteiger partial charge is 0.410 e. The SMILES string of the molecule is CON(C)C(=O)c1cccnc1O[C@H]1C[C@H]2CC[C@@H](C1)N2C(=O)OC(C)(C)C. The molecule has 0 unspecified atom stereocenters. The molecule has 2 aliphatic heterocycles. The molecule has 2 bridgehead atoms. The summed E-state index contributed by atoms with van der Waals surface area (Å²) in [4.78, 5) is 36.1. The van der Waals surface area contributed by atoms with E-state index in [9.17, 15) is 9.59 Å². The van der Waals surface area contributed by atoms with Crippen molar-refractivity contribution in [2.45, 2.75) is 70.2 Å². The highest BCUT2D eigenvalue weighted by Gasteiger charge is 2.45. The molecule has 0 spiro atoms. The van der Waals surface area contributed by atoms with Crippen LogP contribution in [0.5, 0.6) is 5.88 Å². The van der Waals surface area contributed by atoms with Gasteiger partial charge in [0.2, 0.25) is 5.88 Å². The minimum absolute atomic E-state index is 0.0862. The Hall–Kier alpha value is -2.35. The van der Waals surface area contributed by atoms with Crippen LogP contribution in [0.2, 0.25) is 0 Å². The molecule has 8 heteroatoms. The lowest BCUT2D eigenvalue weighted by atomic mass is 10.00. The second kappa shape index (κ2) is 7.95. The third kappa shape index (κ3) is 4.38. The second-order valence-electron chi connectivity index (χ2n) is 8.33. The molecule has 0 saturated carbocycles. The Balaban J connectivity index is 1.70. The standard InChI is InChI=1S/C20H29N3O5/c1-20(2,3)28-19(25)23-13-8-9-14(23)12-15(11-13)27-17-16(7-6-10-21-17)18(24)22(4)26-5/h6-7,10,13-15H,8-9,11-12H2,1-5H3/t13-,14+,15+. The van der Waals surface area contributed by atoms with Gasteiger partial charge < -0.3 is 14.4 Å². The van der Waals surface area contributed by atoms with Gasteiger partial charge >= 0.3 is 6.09 Å². The van der Waals surface area contributed by atoms with Gasteiger partial charge in [0.25, 0.3) is 5.91 Å². The van der Waals surface area contributed by atoms with E-state index in [1.54, 1.807) is 25.4 Å². The third-order valence-corrected chi connectivity index (χ3v) is 5.13. The lowest BCUT2D eigenvalue weighted by molar-refractivity contribution is -0.0760. The van der Waals surface area contributed by atoms with Crippen molar-refractivity contribution in [3.63, 3.8) is 0 Å². The number of ether oxygens (including phenoxy) is 2. The molecule has 0 aliphatic carbocycles. The van der Waals surface area contributed by atoms with E-state index in [0.717, 1.165) is 17.9 Å². The average Bonchev–Trinajstić information content (AvgIpc) is 2.91. The van der Waals surface area contributed by atoms with Crippen molar-refractivity contribution in [2.75, 3.05) is 14.2 Å². The third-order valence-electron chi connectivity index (χ3n) is 5.13. The molecule has 0 aromatic carbocycles. The molecule has 2 aliphatic rings. The van der Waals surface area contributed by atoms with E-state index in [4.69, 9.17) is 14.3 Å². The first kappa shape index (κ1) is 20.4. The first-order valence-electron chi connectivity index (χ1n) is 9.64. The minimum atomic E-state index is -0.513. The first-order valence-corrected chi connectivity index (χ1v) is 9.64. The van der Waals surface area contributed by atoms with E-state index in [0.29, 0.717) is 24.3 Å². The summed E-state index contributed by atoms with van der Waals surface area (Å²) in [6.07, 6.45) is 4.50. The Kier molecular flexibility index (Phi) is 5.79. The van der Waals surface area contributed by atoms with Crippen LogP contribution in [-0.4, -0.2) is 64.9 Å². The van der Waals surface area contributed by atoms with Gasteiger partial charge in [0.05, 0.1) is 7.11 Å². The van der Waals surface area contributed by atoms with Gasteiger partial charge in [-0.1, -0.05) is 0 Å². The van der Waals surface area contributed by atoms with E-state index < -0.39 is 5.60 Å². The predicted octanol–water partition coefficient (Wildman–Crippen LogP) is 3.02. The summed E-state index contributed by atoms with van der Waals surface area (Å²) in [6, 6.07) is 3.54. The number of fused-ring (bicyclic) bond motifs is 2. The lowest BCUT2D eigenvalue weighted by Gasteiger charge is -2.39. The van der Waals surface area contributed by atoms with Gasteiger partial charge in [0, 0.05) is 38.2 Å². The molecule has 154 valence electrons. The Labute approximate surface area is 165 Å². The molecule has 2 saturated heterocycles. The van der Waals surface area contributed by atoms with Crippen molar-refractivity contribution in [3.8, 4) is 5.88 Å². The second-order valence-corrected chi connectivity index (χ2v) is 8.33. The molecule has 3 rings (SSSR count). The summed E-state index contributed by atoms with van der Waals surface area (Å²) >= 11 is 0. The summed E-state index contributed by atoms with van der Waals surface area (Å²) in [5.41, 5.74) is -0.158. The Morgan fingerprint density at radius 2 is 1.86 bits per heavy atom. The molecular formula is C20H29N3O5. The summed E-state index contributed by atoms with van der Waals surface area (Å²) in [7, 11) is 2.97. The first-order chi connectivity index (χ1) is 13.2.